The minimum atomic E-state index is -0.886. The fourth-order valence-electron chi connectivity index (χ4n) is 2.81. The molecule has 1 aromatic heterocycles. The van der Waals surface area contributed by atoms with Crippen LogP contribution in [0.1, 0.15) is 58.4 Å². The average Bonchev–Trinajstić information content (AvgIpc) is 3.15. The third-order valence-corrected chi connectivity index (χ3v) is 5.44. The summed E-state index contributed by atoms with van der Waals surface area (Å²) in [5, 5.41) is 13.3. The normalized spacial score (nSPS) is 18.6. The van der Waals surface area contributed by atoms with Gasteiger partial charge in [0.1, 0.15) is 16.5 Å². The number of aromatic nitrogens is 1. The number of aliphatic imine (C=N–C) groups is 2. The van der Waals surface area contributed by atoms with Gasteiger partial charge in [-0.05, 0) is 32.3 Å². The third kappa shape index (κ3) is 5.49. The third-order valence-electron chi connectivity index (χ3n) is 4.47. The number of rotatable bonds is 8. The Hall–Kier alpha value is -1.99. The number of allylic oxidation sites excluding steroid dienone is 2. The number of unbranched alkanes of at least 4 members (excludes halogenated alkanes) is 2. The molecule has 27 heavy (non-hydrogen) atoms. The van der Waals surface area contributed by atoms with Gasteiger partial charge in [0.25, 0.3) is 0 Å². The Bertz CT molecular complexity index is 728. The van der Waals surface area contributed by atoms with Gasteiger partial charge in [0.05, 0.1) is 13.1 Å². The molecule has 1 saturated heterocycles. The summed E-state index contributed by atoms with van der Waals surface area (Å²) in [6, 6.07) is 0. The van der Waals surface area contributed by atoms with Crippen LogP contribution in [0.25, 0.3) is 0 Å². The molecule has 0 aromatic carbocycles. The minimum Gasteiger partial charge on any atom is -0.382 e. The molecule has 6 nitrogen and oxygen atoms in total. The molecular weight excluding hydrogens is 358 g/mol. The van der Waals surface area contributed by atoms with Crippen LogP contribution in [0.15, 0.2) is 44.7 Å². The zero-order valence-corrected chi connectivity index (χ0v) is 17.6. The standard InChI is InChI=1S/C20H31N5OS/c1-5-7-9-15(3)17(22-10-8-6-2)18(21)24-16(4)25-13-20(26,14-25)19-23-11-12-27-19/h9-12,26H,5-8,13-14,21H2,1-4H3/b15-9+,18-17+,22-10?,24-16?. The van der Waals surface area contributed by atoms with E-state index >= 15 is 0 Å². The summed E-state index contributed by atoms with van der Waals surface area (Å²) in [6.07, 6.45) is 9.79. The van der Waals surface area contributed by atoms with Gasteiger partial charge in [-0.15, -0.1) is 11.3 Å². The molecule has 1 fully saturated rings. The van der Waals surface area contributed by atoms with E-state index in [-0.39, 0.29) is 0 Å². The maximum atomic E-state index is 10.6. The molecule has 2 rings (SSSR count). The van der Waals surface area contributed by atoms with Gasteiger partial charge in [0, 0.05) is 17.8 Å². The van der Waals surface area contributed by atoms with Gasteiger partial charge in [-0.25, -0.2) is 9.98 Å². The maximum absolute atomic E-state index is 10.6. The van der Waals surface area contributed by atoms with E-state index in [9.17, 15) is 5.11 Å². The molecule has 1 aliphatic rings. The van der Waals surface area contributed by atoms with Crippen LogP contribution in [0, 0.1) is 0 Å². The Morgan fingerprint density at radius 3 is 2.63 bits per heavy atom. The molecule has 3 N–H and O–H groups in total. The molecule has 7 heteroatoms. The molecule has 1 aromatic rings. The Labute approximate surface area is 166 Å². The van der Waals surface area contributed by atoms with Crippen molar-refractivity contribution >= 4 is 23.4 Å². The van der Waals surface area contributed by atoms with Gasteiger partial charge in [0.2, 0.25) is 0 Å². The highest BCUT2D eigenvalue weighted by molar-refractivity contribution is 7.09. The van der Waals surface area contributed by atoms with Gasteiger partial charge in [0.15, 0.2) is 11.4 Å². The second-order valence-electron chi connectivity index (χ2n) is 6.89. The smallest absolute Gasteiger partial charge is 0.151 e. The summed E-state index contributed by atoms with van der Waals surface area (Å²) in [6.45, 7) is 9.15. The van der Waals surface area contributed by atoms with Gasteiger partial charge < -0.3 is 15.7 Å². The second kappa shape index (κ2) is 9.80. The Morgan fingerprint density at radius 1 is 1.33 bits per heavy atom. The summed E-state index contributed by atoms with van der Waals surface area (Å²) in [7, 11) is 0. The van der Waals surface area contributed by atoms with Crippen molar-refractivity contribution in [3.8, 4) is 0 Å². The zero-order valence-electron chi connectivity index (χ0n) is 16.8. The molecule has 0 radical (unpaired) electrons. The molecule has 2 heterocycles. The molecule has 148 valence electrons. The number of nitrogens with zero attached hydrogens (tertiary/aromatic N) is 4. The first-order valence-corrected chi connectivity index (χ1v) is 10.4. The van der Waals surface area contributed by atoms with Crippen molar-refractivity contribution in [2.45, 2.75) is 59.0 Å². The fraction of sp³-hybridized carbons (Fsp3) is 0.550. The number of nitrogens with two attached hydrogens (primary N) is 1. The first kappa shape index (κ1) is 21.3. The molecule has 0 unspecified atom stereocenters. The SMILES string of the molecule is CCCC=NC(/C(C)=C/CCC)=C(\N)N=C(C)N1CC(O)(c2nccs2)C1. The minimum absolute atomic E-state index is 0.411. The molecule has 0 bridgehead atoms. The molecular formula is C20H31N5OS. The van der Waals surface area contributed by atoms with E-state index in [0.717, 1.165) is 47.8 Å². The summed E-state index contributed by atoms with van der Waals surface area (Å²) in [4.78, 5) is 15.4. The Balaban J connectivity index is 2.16. The van der Waals surface area contributed by atoms with Crippen LogP contribution in [-0.4, -0.2) is 40.1 Å². The monoisotopic (exact) mass is 389 g/mol. The summed E-state index contributed by atoms with van der Waals surface area (Å²) >= 11 is 1.47. The number of hydrogen-bond acceptors (Lipinski definition) is 6. The Morgan fingerprint density at radius 2 is 2.04 bits per heavy atom. The fourth-order valence-corrected chi connectivity index (χ4v) is 3.53. The summed E-state index contributed by atoms with van der Waals surface area (Å²) in [5.41, 5.74) is 7.18. The number of β-amino-alcohol motifs (C(OH)–C–C–N with tert-alkyl or cyclic N) is 1. The number of amidine groups is 1. The maximum Gasteiger partial charge on any atom is 0.151 e. The first-order chi connectivity index (χ1) is 12.9. The van der Waals surface area contributed by atoms with Gasteiger partial charge in [-0.3, -0.25) is 4.99 Å². The van der Waals surface area contributed by atoms with Gasteiger partial charge in [-0.1, -0.05) is 32.8 Å². The van der Waals surface area contributed by atoms with E-state index in [0.29, 0.717) is 18.9 Å². The molecule has 0 amide bonds. The lowest BCUT2D eigenvalue weighted by Crippen LogP contribution is -2.60. The summed E-state index contributed by atoms with van der Waals surface area (Å²) < 4.78 is 0. The lowest BCUT2D eigenvalue weighted by Gasteiger charge is -2.46. The molecule has 0 spiro atoms. The second-order valence-corrected chi connectivity index (χ2v) is 7.79. The van der Waals surface area contributed by atoms with Crippen molar-refractivity contribution in [2.75, 3.05) is 13.1 Å². The predicted octanol–water partition coefficient (Wildman–Crippen LogP) is 3.81. The van der Waals surface area contributed by atoms with E-state index in [4.69, 9.17) is 5.73 Å². The van der Waals surface area contributed by atoms with Crippen LogP contribution < -0.4 is 5.73 Å². The lowest BCUT2D eigenvalue weighted by atomic mass is 9.95. The number of likely N-dealkylation sites (tertiary alicyclic amines) is 1. The predicted molar refractivity (Wildman–Crippen MR) is 114 cm³/mol. The van der Waals surface area contributed by atoms with Gasteiger partial charge in [-0.2, -0.15) is 0 Å². The average molecular weight is 390 g/mol. The highest BCUT2D eigenvalue weighted by Gasteiger charge is 2.45. The number of aliphatic hydroxyl groups is 1. The van der Waals surface area contributed by atoms with Crippen molar-refractivity contribution in [3.63, 3.8) is 0 Å². The summed E-state index contributed by atoms with van der Waals surface area (Å²) in [5.74, 6) is 1.19. The highest BCUT2D eigenvalue weighted by Crippen LogP contribution is 2.33. The van der Waals surface area contributed by atoms with Crippen molar-refractivity contribution in [2.24, 2.45) is 15.7 Å². The van der Waals surface area contributed by atoms with E-state index in [2.05, 4.69) is 34.9 Å². The van der Waals surface area contributed by atoms with Crippen LogP contribution >= 0.6 is 11.3 Å². The lowest BCUT2D eigenvalue weighted by molar-refractivity contribution is -0.0720. The van der Waals surface area contributed by atoms with Crippen molar-refractivity contribution in [1.29, 1.82) is 0 Å². The highest BCUT2D eigenvalue weighted by atomic mass is 32.1. The molecule has 0 saturated carbocycles. The van der Waals surface area contributed by atoms with Crippen molar-refractivity contribution < 1.29 is 5.11 Å². The number of thiazole rings is 1. The van der Waals surface area contributed by atoms with Gasteiger partial charge >= 0.3 is 0 Å². The van der Waals surface area contributed by atoms with E-state index in [1.807, 2.05) is 30.3 Å². The van der Waals surface area contributed by atoms with Crippen LogP contribution in [0.4, 0.5) is 0 Å². The largest absolute Gasteiger partial charge is 0.382 e. The van der Waals surface area contributed by atoms with Crippen molar-refractivity contribution in [3.05, 3.63) is 39.8 Å². The van der Waals surface area contributed by atoms with E-state index in [1.54, 1.807) is 6.20 Å². The Kier molecular flexibility index (Phi) is 7.74. The van der Waals surface area contributed by atoms with Crippen LogP contribution in [0.5, 0.6) is 0 Å². The topological polar surface area (TPSA) is 87.1 Å². The van der Waals surface area contributed by atoms with Crippen LogP contribution in [0.3, 0.4) is 0 Å². The number of hydrogen-bond donors (Lipinski definition) is 2. The van der Waals surface area contributed by atoms with E-state index in [1.165, 1.54) is 11.3 Å². The van der Waals surface area contributed by atoms with Crippen LogP contribution in [-0.2, 0) is 5.60 Å². The molecule has 1 aliphatic heterocycles. The first-order valence-electron chi connectivity index (χ1n) is 9.53. The molecule has 0 atom stereocenters. The molecule has 0 aliphatic carbocycles. The zero-order chi connectivity index (χ0) is 19.9. The van der Waals surface area contributed by atoms with Crippen LogP contribution in [0.2, 0.25) is 0 Å². The van der Waals surface area contributed by atoms with E-state index < -0.39 is 5.60 Å². The quantitative estimate of drug-likeness (QED) is 0.402. The van der Waals surface area contributed by atoms with Crippen molar-refractivity contribution in [1.82, 2.24) is 9.88 Å².